The molecule has 0 aliphatic rings. The summed E-state index contributed by atoms with van der Waals surface area (Å²) < 4.78 is 6.47. The highest BCUT2D eigenvalue weighted by Crippen LogP contribution is 2.13. The van der Waals surface area contributed by atoms with Gasteiger partial charge in [-0.2, -0.15) is 5.10 Å². The van der Waals surface area contributed by atoms with E-state index in [4.69, 9.17) is 10.5 Å². The molecule has 0 aromatic carbocycles. The van der Waals surface area contributed by atoms with Gasteiger partial charge in [-0.1, -0.05) is 0 Å². The smallest absolute Gasteiger partial charge is 0.343 e. The van der Waals surface area contributed by atoms with E-state index in [1.54, 1.807) is 17.8 Å². The fourth-order valence-corrected chi connectivity index (χ4v) is 1.04. The fourth-order valence-electron chi connectivity index (χ4n) is 1.04. The van der Waals surface area contributed by atoms with Crippen LogP contribution in [0.5, 0.6) is 0 Å². The number of carbonyl (C=O) groups excluding carboxylic acids is 1. The van der Waals surface area contributed by atoms with Crippen LogP contribution in [0.25, 0.3) is 0 Å². The van der Waals surface area contributed by atoms with E-state index < -0.39 is 5.97 Å². The van der Waals surface area contributed by atoms with E-state index in [9.17, 15) is 4.79 Å². The number of esters is 1. The van der Waals surface area contributed by atoms with E-state index in [2.05, 4.69) is 5.10 Å². The summed E-state index contributed by atoms with van der Waals surface area (Å²) in [6, 6.07) is 0.181. The van der Waals surface area contributed by atoms with Gasteiger partial charge in [0.15, 0.2) is 5.82 Å². The molecule has 5 nitrogen and oxygen atoms in total. The van der Waals surface area contributed by atoms with E-state index in [1.165, 1.54) is 0 Å². The average Bonchev–Trinajstić information content (AvgIpc) is 2.48. The number of hydrogen-bond donors (Lipinski definition) is 1. The highest BCUT2D eigenvalue weighted by Gasteiger charge is 2.15. The van der Waals surface area contributed by atoms with Gasteiger partial charge in [0.1, 0.15) is 5.56 Å². The number of anilines is 1. The summed E-state index contributed by atoms with van der Waals surface area (Å²) in [5.74, 6) is -0.200. The van der Waals surface area contributed by atoms with Gasteiger partial charge < -0.3 is 10.5 Å². The maximum atomic E-state index is 11.3. The molecule has 5 heteroatoms. The quantitative estimate of drug-likeness (QED) is 0.740. The van der Waals surface area contributed by atoms with Crippen LogP contribution in [0.3, 0.4) is 0 Å². The zero-order valence-corrected chi connectivity index (χ0v) is 8.65. The van der Waals surface area contributed by atoms with E-state index in [0.717, 1.165) is 0 Å². The van der Waals surface area contributed by atoms with Gasteiger partial charge in [-0.05, 0) is 20.8 Å². The third-order valence-corrected chi connectivity index (χ3v) is 1.78. The SMILES string of the molecule is CCOC(=O)c1cn(C(C)C)nc1N. The van der Waals surface area contributed by atoms with Crippen LogP contribution in [0, 0.1) is 0 Å². The first kappa shape index (κ1) is 10.6. The zero-order valence-electron chi connectivity index (χ0n) is 8.65. The van der Waals surface area contributed by atoms with E-state index in [1.807, 2.05) is 13.8 Å². The molecular weight excluding hydrogens is 182 g/mol. The molecule has 1 aromatic rings. The minimum atomic E-state index is -0.420. The van der Waals surface area contributed by atoms with Gasteiger partial charge in [-0.3, -0.25) is 4.68 Å². The predicted octanol–water partition coefficient (Wildman–Crippen LogP) is 1.22. The normalized spacial score (nSPS) is 10.6. The molecule has 2 N–H and O–H groups in total. The van der Waals surface area contributed by atoms with Crippen molar-refractivity contribution in [2.75, 3.05) is 12.3 Å². The van der Waals surface area contributed by atoms with Crippen molar-refractivity contribution in [2.24, 2.45) is 0 Å². The lowest BCUT2D eigenvalue weighted by molar-refractivity contribution is 0.0527. The van der Waals surface area contributed by atoms with Crippen LogP contribution in [0.1, 0.15) is 37.2 Å². The number of nitrogens with two attached hydrogens (primary N) is 1. The molecule has 0 saturated carbocycles. The Morgan fingerprint density at radius 3 is 2.79 bits per heavy atom. The maximum absolute atomic E-state index is 11.3. The molecule has 0 fully saturated rings. The third-order valence-electron chi connectivity index (χ3n) is 1.78. The van der Waals surface area contributed by atoms with Gasteiger partial charge in [0.25, 0.3) is 0 Å². The van der Waals surface area contributed by atoms with E-state index in [0.29, 0.717) is 12.2 Å². The van der Waals surface area contributed by atoms with Crippen LogP contribution in [0.2, 0.25) is 0 Å². The maximum Gasteiger partial charge on any atom is 0.343 e. The molecular formula is C9H15N3O2. The lowest BCUT2D eigenvalue weighted by atomic mass is 10.3. The Labute approximate surface area is 82.8 Å². The lowest BCUT2D eigenvalue weighted by Gasteiger charge is -2.02. The van der Waals surface area contributed by atoms with Gasteiger partial charge in [-0.15, -0.1) is 0 Å². The van der Waals surface area contributed by atoms with Crippen molar-refractivity contribution in [1.82, 2.24) is 9.78 Å². The highest BCUT2D eigenvalue weighted by atomic mass is 16.5. The molecule has 0 atom stereocenters. The summed E-state index contributed by atoms with van der Waals surface area (Å²) in [4.78, 5) is 11.3. The van der Waals surface area contributed by atoms with Crippen molar-refractivity contribution in [1.29, 1.82) is 0 Å². The Kier molecular flexibility index (Phi) is 3.11. The van der Waals surface area contributed by atoms with Gasteiger partial charge in [0.05, 0.1) is 6.61 Å². The molecule has 0 bridgehead atoms. The zero-order chi connectivity index (χ0) is 10.7. The topological polar surface area (TPSA) is 70.1 Å². The van der Waals surface area contributed by atoms with Gasteiger partial charge in [0, 0.05) is 12.2 Å². The molecule has 78 valence electrons. The Morgan fingerprint density at radius 2 is 2.36 bits per heavy atom. The van der Waals surface area contributed by atoms with Gasteiger partial charge in [0.2, 0.25) is 0 Å². The second-order valence-corrected chi connectivity index (χ2v) is 3.22. The second kappa shape index (κ2) is 4.13. The van der Waals surface area contributed by atoms with Crippen LogP contribution in [-0.4, -0.2) is 22.4 Å². The first-order chi connectivity index (χ1) is 6.56. The Morgan fingerprint density at radius 1 is 1.71 bits per heavy atom. The molecule has 0 radical (unpaired) electrons. The molecule has 14 heavy (non-hydrogen) atoms. The fraction of sp³-hybridized carbons (Fsp3) is 0.556. The van der Waals surface area contributed by atoms with Crippen molar-refractivity contribution in [3.05, 3.63) is 11.8 Å². The number of nitrogen functional groups attached to an aromatic ring is 1. The monoisotopic (exact) mass is 197 g/mol. The lowest BCUT2D eigenvalue weighted by Crippen LogP contribution is -2.06. The summed E-state index contributed by atoms with van der Waals surface area (Å²) in [5.41, 5.74) is 5.91. The van der Waals surface area contributed by atoms with Crippen LogP contribution in [0.4, 0.5) is 5.82 Å². The van der Waals surface area contributed by atoms with Crippen molar-refractivity contribution < 1.29 is 9.53 Å². The highest BCUT2D eigenvalue weighted by molar-refractivity contribution is 5.93. The molecule has 0 aliphatic heterocycles. The molecule has 0 unspecified atom stereocenters. The summed E-state index contributed by atoms with van der Waals surface area (Å²) in [7, 11) is 0. The minimum Gasteiger partial charge on any atom is -0.462 e. The summed E-state index contributed by atoms with van der Waals surface area (Å²) in [6.07, 6.45) is 1.61. The van der Waals surface area contributed by atoms with Crippen molar-refractivity contribution in [2.45, 2.75) is 26.8 Å². The van der Waals surface area contributed by atoms with Gasteiger partial charge in [-0.25, -0.2) is 4.79 Å². The molecule has 1 rings (SSSR count). The van der Waals surface area contributed by atoms with Crippen LogP contribution >= 0.6 is 0 Å². The number of carbonyl (C=O) groups is 1. The molecule has 0 aliphatic carbocycles. The van der Waals surface area contributed by atoms with Crippen LogP contribution in [0.15, 0.2) is 6.20 Å². The molecule has 0 spiro atoms. The van der Waals surface area contributed by atoms with Crippen LogP contribution in [-0.2, 0) is 4.74 Å². The predicted molar refractivity (Wildman–Crippen MR) is 53.0 cm³/mol. The van der Waals surface area contributed by atoms with Crippen LogP contribution < -0.4 is 5.73 Å². The summed E-state index contributed by atoms with van der Waals surface area (Å²) in [5, 5.41) is 4.01. The molecule has 1 aromatic heterocycles. The second-order valence-electron chi connectivity index (χ2n) is 3.22. The number of ether oxygens (including phenoxy) is 1. The molecule has 1 heterocycles. The Bertz CT molecular complexity index is 331. The average molecular weight is 197 g/mol. The van der Waals surface area contributed by atoms with Crippen molar-refractivity contribution in [3.63, 3.8) is 0 Å². The number of hydrogen-bond acceptors (Lipinski definition) is 4. The third kappa shape index (κ3) is 2.04. The largest absolute Gasteiger partial charge is 0.462 e. The standard InChI is InChI=1S/C9H15N3O2/c1-4-14-9(13)7-5-12(6(2)3)11-8(7)10/h5-6H,4H2,1-3H3,(H2,10,11). The number of rotatable bonds is 3. The van der Waals surface area contributed by atoms with Crippen molar-refractivity contribution >= 4 is 11.8 Å². The first-order valence-corrected chi connectivity index (χ1v) is 4.58. The Hall–Kier alpha value is -1.52. The van der Waals surface area contributed by atoms with Gasteiger partial charge >= 0.3 is 5.97 Å². The van der Waals surface area contributed by atoms with E-state index >= 15 is 0 Å². The van der Waals surface area contributed by atoms with Crippen molar-refractivity contribution in [3.8, 4) is 0 Å². The number of nitrogens with zero attached hydrogens (tertiary/aromatic N) is 2. The molecule has 0 amide bonds. The number of aromatic nitrogens is 2. The summed E-state index contributed by atoms with van der Waals surface area (Å²) in [6.45, 7) is 6.01. The first-order valence-electron chi connectivity index (χ1n) is 4.58. The molecule has 0 saturated heterocycles. The Balaban J connectivity index is 2.92. The van der Waals surface area contributed by atoms with E-state index in [-0.39, 0.29) is 11.9 Å². The minimum absolute atomic E-state index is 0.181. The summed E-state index contributed by atoms with van der Waals surface area (Å²) >= 11 is 0.